The Morgan fingerprint density at radius 1 is 1.03 bits per heavy atom. The highest BCUT2D eigenvalue weighted by molar-refractivity contribution is 6.01. The molecular weight excluding hydrogens is 474 g/mol. The van der Waals surface area contributed by atoms with Gasteiger partial charge < -0.3 is 15.3 Å². The van der Waals surface area contributed by atoms with E-state index in [4.69, 9.17) is 0 Å². The van der Waals surface area contributed by atoms with Crippen molar-refractivity contribution in [2.24, 2.45) is 5.92 Å². The van der Waals surface area contributed by atoms with E-state index >= 15 is 0 Å². The second-order valence-electron chi connectivity index (χ2n) is 11.3. The molecule has 3 atom stereocenters. The first kappa shape index (κ1) is 23.4. The molecule has 7 rings (SSSR count). The van der Waals surface area contributed by atoms with E-state index in [1.165, 1.54) is 18.5 Å². The van der Waals surface area contributed by atoms with Gasteiger partial charge in [-0.05, 0) is 80.5 Å². The number of aliphatic hydroxyl groups is 1. The minimum Gasteiger partial charge on any atom is -0.393 e. The minimum atomic E-state index is -0.169. The van der Waals surface area contributed by atoms with Crippen LogP contribution in [0.25, 0.3) is 22.2 Å². The van der Waals surface area contributed by atoms with Crippen LogP contribution in [0, 0.1) is 5.92 Å². The van der Waals surface area contributed by atoms with Gasteiger partial charge in [-0.2, -0.15) is 5.10 Å². The third-order valence-corrected chi connectivity index (χ3v) is 8.59. The summed E-state index contributed by atoms with van der Waals surface area (Å²) in [7, 11) is 0. The first-order valence-corrected chi connectivity index (χ1v) is 13.9. The summed E-state index contributed by atoms with van der Waals surface area (Å²) in [6, 6.07) is 21.0. The van der Waals surface area contributed by atoms with Gasteiger partial charge >= 0.3 is 0 Å². The normalized spacial score (nSPS) is 23.5. The van der Waals surface area contributed by atoms with Crippen LogP contribution in [0.1, 0.15) is 67.0 Å². The Labute approximate surface area is 222 Å². The maximum absolute atomic E-state index is 13.4. The molecule has 3 N–H and O–H groups in total. The molecule has 3 fully saturated rings. The largest absolute Gasteiger partial charge is 0.393 e. The zero-order valence-electron chi connectivity index (χ0n) is 21.4. The van der Waals surface area contributed by atoms with Crippen LogP contribution in [-0.4, -0.2) is 44.4 Å². The highest BCUT2D eigenvalue weighted by Gasteiger charge is 2.40. The number of fused-ring (bicyclic) bond motifs is 3. The van der Waals surface area contributed by atoms with Crippen molar-refractivity contribution in [3.8, 4) is 11.3 Å². The summed E-state index contributed by atoms with van der Waals surface area (Å²) in [6.45, 7) is 0. The van der Waals surface area contributed by atoms with Crippen LogP contribution >= 0.6 is 0 Å². The molecule has 2 aromatic carbocycles. The smallest absolute Gasteiger partial charge is 0.251 e. The maximum Gasteiger partial charge on any atom is 0.251 e. The van der Waals surface area contributed by atoms with Crippen molar-refractivity contribution in [1.82, 2.24) is 20.5 Å². The zero-order chi connectivity index (χ0) is 25.6. The van der Waals surface area contributed by atoms with Crippen LogP contribution in [0.5, 0.6) is 0 Å². The average Bonchev–Trinajstić information content (AvgIpc) is 3.59. The summed E-state index contributed by atoms with van der Waals surface area (Å²) >= 11 is 0. The van der Waals surface area contributed by atoms with E-state index in [0.717, 1.165) is 60.0 Å². The van der Waals surface area contributed by atoms with E-state index in [1.54, 1.807) is 6.20 Å². The van der Waals surface area contributed by atoms with Crippen molar-refractivity contribution in [2.45, 2.75) is 69.2 Å². The highest BCUT2D eigenvalue weighted by atomic mass is 16.3. The molecule has 2 aliphatic heterocycles. The molecule has 1 saturated carbocycles. The molecule has 0 spiro atoms. The van der Waals surface area contributed by atoms with Gasteiger partial charge in [-0.3, -0.25) is 14.9 Å². The fraction of sp³-hybridized carbons (Fsp3) is 0.387. The molecule has 3 aliphatic rings. The Morgan fingerprint density at radius 2 is 1.82 bits per heavy atom. The molecule has 1 amide bonds. The molecule has 4 aromatic rings. The van der Waals surface area contributed by atoms with Gasteiger partial charge in [0.15, 0.2) is 0 Å². The number of H-pyrrole nitrogens is 1. The average molecular weight is 508 g/mol. The van der Waals surface area contributed by atoms with E-state index in [2.05, 4.69) is 49.7 Å². The number of anilines is 1. The van der Waals surface area contributed by atoms with Gasteiger partial charge in [0.2, 0.25) is 0 Å². The summed E-state index contributed by atoms with van der Waals surface area (Å²) in [5.74, 6) is 0.576. The monoisotopic (exact) mass is 507 g/mol. The van der Waals surface area contributed by atoms with E-state index in [1.807, 2.05) is 36.4 Å². The molecule has 7 heteroatoms. The molecule has 194 valence electrons. The molecule has 2 aromatic heterocycles. The van der Waals surface area contributed by atoms with Crippen molar-refractivity contribution in [1.29, 1.82) is 0 Å². The van der Waals surface area contributed by atoms with Crippen LogP contribution in [0.3, 0.4) is 0 Å². The fourth-order valence-electron chi connectivity index (χ4n) is 6.50. The van der Waals surface area contributed by atoms with Gasteiger partial charge in [-0.25, -0.2) is 0 Å². The number of benzene rings is 2. The summed E-state index contributed by atoms with van der Waals surface area (Å²) in [4.78, 5) is 20.4. The number of carbonyl (C=O) groups is 1. The van der Waals surface area contributed by atoms with E-state index < -0.39 is 0 Å². The second-order valence-corrected chi connectivity index (χ2v) is 11.3. The number of amides is 1. The lowest BCUT2D eigenvalue weighted by Gasteiger charge is -2.39. The molecule has 1 aliphatic carbocycles. The fourth-order valence-corrected chi connectivity index (χ4v) is 6.50. The topological polar surface area (TPSA) is 94.1 Å². The Morgan fingerprint density at radius 3 is 2.53 bits per heavy atom. The predicted octanol–water partition coefficient (Wildman–Crippen LogP) is 5.39. The number of aromatic nitrogens is 3. The number of aliphatic hydroxyl groups excluding tert-OH is 1. The number of piperidine rings is 1. The highest BCUT2D eigenvalue weighted by Crippen LogP contribution is 2.40. The maximum atomic E-state index is 13.4. The molecular formula is C31H33N5O2. The predicted molar refractivity (Wildman–Crippen MR) is 148 cm³/mol. The van der Waals surface area contributed by atoms with Crippen molar-refractivity contribution < 1.29 is 9.90 Å². The SMILES string of the molecule is O=C(NC(CC1CC1)c1ccccn1)c1ccc2[nH]nc(-c3ccc(N4C5CCC4CC(O)C5)cc3)c2c1. The molecule has 7 nitrogen and oxygen atoms in total. The summed E-state index contributed by atoms with van der Waals surface area (Å²) < 4.78 is 0. The van der Waals surface area contributed by atoms with Crippen molar-refractivity contribution in [3.05, 3.63) is 78.1 Å². The number of rotatable bonds is 7. The first-order valence-electron chi connectivity index (χ1n) is 13.9. The van der Waals surface area contributed by atoms with Gasteiger partial charge in [-0.15, -0.1) is 0 Å². The van der Waals surface area contributed by atoms with Crippen molar-refractivity contribution >= 4 is 22.5 Å². The summed E-state index contributed by atoms with van der Waals surface area (Å²) in [5, 5.41) is 22.1. The number of hydrogen-bond donors (Lipinski definition) is 3. The van der Waals surface area contributed by atoms with Gasteiger partial charge in [0.1, 0.15) is 0 Å². The number of hydrogen-bond acceptors (Lipinski definition) is 5. The third kappa shape index (κ3) is 4.45. The van der Waals surface area contributed by atoms with Crippen LogP contribution in [0.15, 0.2) is 66.9 Å². The Hall–Kier alpha value is -3.71. The van der Waals surface area contributed by atoms with Gasteiger partial charge in [0.05, 0.1) is 29.1 Å². The lowest BCUT2D eigenvalue weighted by molar-refractivity contribution is 0.0932. The Kier molecular flexibility index (Phi) is 5.88. The van der Waals surface area contributed by atoms with Crippen LogP contribution in [0.4, 0.5) is 5.69 Å². The van der Waals surface area contributed by atoms with Crippen molar-refractivity contribution in [2.75, 3.05) is 4.90 Å². The summed E-state index contributed by atoms with van der Waals surface area (Å²) in [6.07, 6.45) is 9.01. The Balaban J connectivity index is 1.13. The molecule has 4 heterocycles. The number of pyridine rings is 1. The molecule has 0 radical (unpaired) electrons. The van der Waals surface area contributed by atoms with E-state index in [9.17, 15) is 9.90 Å². The lowest BCUT2D eigenvalue weighted by atomic mass is 9.98. The molecule has 3 unspecified atom stereocenters. The van der Waals surface area contributed by atoms with E-state index in [-0.39, 0.29) is 18.1 Å². The summed E-state index contributed by atoms with van der Waals surface area (Å²) in [5.41, 5.74) is 5.51. The molecule has 38 heavy (non-hydrogen) atoms. The molecule has 2 saturated heterocycles. The zero-order valence-corrected chi connectivity index (χ0v) is 21.4. The van der Waals surface area contributed by atoms with Gasteiger partial charge in [-0.1, -0.05) is 31.0 Å². The molecule has 2 bridgehead atoms. The standard InChI is InChI=1S/C31H33N5O2/c37-25-17-23-11-12-24(18-25)36(23)22-9-6-20(7-10-22)30-26-16-21(8-13-27(26)34-35-30)31(38)33-29(15-19-4-5-19)28-3-1-2-14-32-28/h1-3,6-10,13-14,16,19,23-25,29,37H,4-5,11-12,15,17-18H2,(H,33,38)(H,34,35). The van der Waals surface area contributed by atoms with Crippen LogP contribution in [-0.2, 0) is 0 Å². The third-order valence-electron chi connectivity index (χ3n) is 8.59. The van der Waals surface area contributed by atoms with Gasteiger partial charge in [0.25, 0.3) is 5.91 Å². The quantitative estimate of drug-likeness (QED) is 0.312. The number of aromatic amines is 1. The number of nitrogens with one attached hydrogen (secondary N) is 2. The number of nitrogens with zero attached hydrogens (tertiary/aromatic N) is 3. The number of carbonyl (C=O) groups excluding carboxylic acids is 1. The lowest BCUT2D eigenvalue weighted by Crippen LogP contribution is -2.44. The van der Waals surface area contributed by atoms with E-state index in [0.29, 0.717) is 23.6 Å². The minimum absolute atomic E-state index is 0.0885. The van der Waals surface area contributed by atoms with Gasteiger partial charge in [0, 0.05) is 40.5 Å². The van der Waals surface area contributed by atoms with Crippen LogP contribution < -0.4 is 10.2 Å². The first-order chi connectivity index (χ1) is 18.6. The van der Waals surface area contributed by atoms with Crippen molar-refractivity contribution in [3.63, 3.8) is 0 Å². The second kappa shape index (κ2) is 9.55. The Bertz CT molecular complexity index is 1430. The van der Waals surface area contributed by atoms with Crippen LogP contribution in [0.2, 0.25) is 0 Å².